The number of carbonyl (C=O) groups excluding carboxylic acids is 2. The highest BCUT2D eigenvalue weighted by Crippen LogP contribution is 2.36. The fourth-order valence-electron chi connectivity index (χ4n) is 6.07. The number of amides is 2. The standard InChI is InChI=1S/C33H34F3N7O3/c1-4-22-16-42(32(45)39-18-33(34,35)36)17-24(22)28-14-37-29-15-38-30-27(43(28)29)12-13-41(30)19-46-31(44)23-9-5-6-10-26(23)40-25-11-7-8-20(2)21(25)3/h5-15,22,24,40H,4,16-19H2,1-3H3,(H,39,45)/t22-,24+/m1/s1. The first kappa shape index (κ1) is 30.9. The van der Waals surface area contributed by atoms with Crippen LogP contribution in [-0.4, -0.2) is 61.6 Å². The van der Waals surface area contributed by atoms with Crippen molar-refractivity contribution >= 4 is 40.2 Å². The Kier molecular flexibility index (Phi) is 8.32. The zero-order chi connectivity index (χ0) is 32.6. The summed E-state index contributed by atoms with van der Waals surface area (Å²) in [4.78, 5) is 36.4. The number of imidazole rings is 1. The average Bonchev–Trinajstić information content (AvgIpc) is 3.77. The second-order valence-electron chi connectivity index (χ2n) is 11.6. The molecule has 2 atom stereocenters. The summed E-state index contributed by atoms with van der Waals surface area (Å²) in [6.07, 6.45) is 1.38. The molecule has 1 aliphatic heterocycles. The number of alkyl halides is 3. The van der Waals surface area contributed by atoms with Crippen LogP contribution < -0.4 is 10.6 Å². The van der Waals surface area contributed by atoms with Crippen molar-refractivity contribution in [2.75, 3.05) is 25.0 Å². The van der Waals surface area contributed by atoms with Crippen molar-refractivity contribution in [3.63, 3.8) is 0 Å². The third-order valence-corrected chi connectivity index (χ3v) is 8.70. The molecule has 0 radical (unpaired) electrons. The van der Waals surface area contributed by atoms with Gasteiger partial charge in [0, 0.05) is 42.8 Å². The van der Waals surface area contributed by atoms with Gasteiger partial charge in [-0.25, -0.2) is 19.6 Å². The molecular weight excluding hydrogens is 599 g/mol. The zero-order valence-electron chi connectivity index (χ0n) is 25.6. The van der Waals surface area contributed by atoms with E-state index in [0.29, 0.717) is 29.1 Å². The van der Waals surface area contributed by atoms with Gasteiger partial charge in [-0.15, -0.1) is 0 Å². The van der Waals surface area contributed by atoms with Crippen LogP contribution in [0, 0.1) is 19.8 Å². The number of ether oxygens (including phenoxy) is 1. The van der Waals surface area contributed by atoms with E-state index in [-0.39, 0.29) is 25.1 Å². The Hall–Kier alpha value is -5.07. The largest absolute Gasteiger partial charge is 0.440 e. The van der Waals surface area contributed by atoms with Gasteiger partial charge in [0.2, 0.25) is 0 Å². The van der Waals surface area contributed by atoms with Crippen LogP contribution in [0.25, 0.3) is 16.8 Å². The summed E-state index contributed by atoms with van der Waals surface area (Å²) in [7, 11) is 0. The predicted molar refractivity (Wildman–Crippen MR) is 167 cm³/mol. The zero-order valence-corrected chi connectivity index (χ0v) is 25.6. The predicted octanol–water partition coefficient (Wildman–Crippen LogP) is 6.56. The highest BCUT2D eigenvalue weighted by atomic mass is 19.4. The Morgan fingerprint density at radius 3 is 2.57 bits per heavy atom. The summed E-state index contributed by atoms with van der Waals surface area (Å²) in [5.74, 6) is -0.621. The monoisotopic (exact) mass is 633 g/mol. The molecule has 1 aliphatic rings. The van der Waals surface area contributed by atoms with Gasteiger partial charge in [0.05, 0.1) is 23.0 Å². The van der Waals surface area contributed by atoms with Gasteiger partial charge in [-0.2, -0.15) is 13.2 Å². The number of nitrogens with zero attached hydrogens (tertiary/aromatic N) is 5. The molecule has 2 N–H and O–H groups in total. The van der Waals surface area contributed by atoms with E-state index in [2.05, 4.69) is 15.3 Å². The second-order valence-corrected chi connectivity index (χ2v) is 11.6. The number of rotatable bonds is 8. The normalized spacial score (nSPS) is 16.7. The number of likely N-dealkylation sites (tertiary alicyclic amines) is 1. The molecule has 0 saturated carbocycles. The first-order chi connectivity index (χ1) is 22.0. The molecule has 0 unspecified atom stereocenters. The minimum atomic E-state index is -4.48. The maximum Gasteiger partial charge on any atom is 0.405 e. The number of hydrogen-bond donors (Lipinski definition) is 2. The van der Waals surface area contributed by atoms with Crippen LogP contribution in [0.3, 0.4) is 0 Å². The lowest BCUT2D eigenvalue weighted by atomic mass is 9.91. The molecule has 5 aromatic rings. The van der Waals surface area contributed by atoms with Gasteiger partial charge in [0.25, 0.3) is 0 Å². The van der Waals surface area contributed by atoms with E-state index in [0.717, 1.165) is 34.4 Å². The summed E-state index contributed by atoms with van der Waals surface area (Å²) in [6.45, 7) is 5.18. The fraction of sp³-hybridized carbons (Fsp3) is 0.333. The Labute approximate surface area is 263 Å². The van der Waals surface area contributed by atoms with Crippen molar-refractivity contribution in [3.05, 3.63) is 89.5 Å². The summed E-state index contributed by atoms with van der Waals surface area (Å²) in [5.41, 5.74) is 6.86. The molecule has 0 bridgehead atoms. The van der Waals surface area contributed by atoms with E-state index in [1.165, 1.54) is 4.90 Å². The third kappa shape index (κ3) is 6.09. The number of para-hydroxylation sites is 1. The first-order valence-corrected chi connectivity index (χ1v) is 15.0. The number of esters is 1. The maximum absolute atomic E-state index is 13.3. The van der Waals surface area contributed by atoms with E-state index in [9.17, 15) is 22.8 Å². The minimum Gasteiger partial charge on any atom is -0.440 e. The summed E-state index contributed by atoms with van der Waals surface area (Å²) < 4.78 is 47.5. The SMILES string of the molecule is CC[C@@H]1CN(C(=O)NCC(F)(F)F)C[C@@H]1c1cnc2cnc3c(ccn3COC(=O)c3ccccc3Nc3cccc(C)c3C)n12. The first-order valence-electron chi connectivity index (χ1n) is 15.0. The molecule has 0 spiro atoms. The van der Waals surface area contributed by atoms with Crippen molar-refractivity contribution in [3.8, 4) is 0 Å². The van der Waals surface area contributed by atoms with E-state index < -0.39 is 24.7 Å². The van der Waals surface area contributed by atoms with E-state index >= 15 is 0 Å². The van der Waals surface area contributed by atoms with E-state index in [1.54, 1.807) is 35.3 Å². The molecule has 1 saturated heterocycles. The molecule has 10 nitrogen and oxygen atoms in total. The van der Waals surface area contributed by atoms with Gasteiger partial charge < -0.3 is 20.3 Å². The lowest BCUT2D eigenvalue weighted by Crippen LogP contribution is -2.42. The van der Waals surface area contributed by atoms with E-state index in [1.807, 2.05) is 66.9 Å². The second kappa shape index (κ2) is 12.4. The van der Waals surface area contributed by atoms with Crippen molar-refractivity contribution in [1.29, 1.82) is 0 Å². The van der Waals surface area contributed by atoms with Crippen LogP contribution in [0.1, 0.15) is 46.4 Å². The van der Waals surface area contributed by atoms with E-state index in [4.69, 9.17) is 4.74 Å². The maximum atomic E-state index is 13.3. The molecular formula is C33H34F3N7O3. The number of nitrogens with one attached hydrogen (secondary N) is 2. The number of benzene rings is 2. The van der Waals surface area contributed by atoms with Crippen molar-refractivity contribution in [2.45, 2.75) is 46.0 Å². The van der Waals surface area contributed by atoms with Gasteiger partial charge in [-0.1, -0.05) is 37.6 Å². The van der Waals surface area contributed by atoms with Gasteiger partial charge >= 0.3 is 18.2 Å². The molecule has 4 heterocycles. The molecule has 46 heavy (non-hydrogen) atoms. The topological polar surface area (TPSA) is 106 Å². The third-order valence-electron chi connectivity index (χ3n) is 8.70. The molecule has 3 aromatic heterocycles. The van der Waals surface area contributed by atoms with Crippen LogP contribution in [0.2, 0.25) is 0 Å². The lowest BCUT2D eigenvalue weighted by molar-refractivity contribution is -0.123. The Morgan fingerprint density at radius 2 is 1.78 bits per heavy atom. The Balaban J connectivity index is 1.22. The van der Waals surface area contributed by atoms with Gasteiger partial charge in [-0.05, 0) is 55.2 Å². The highest BCUT2D eigenvalue weighted by Gasteiger charge is 2.38. The number of aryl methyl sites for hydroxylation is 1. The molecule has 1 fully saturated rings. The molecule has 0 aliphatic carbocycles. The number of fused-ring (bicyclic) bond motifs is 3. The van der Waals surface area contributed by atoms with Gasteiger partial charge in [0.1, 0.15) is 6.54 Å². The number of carbonyl (C=O) groups is 2. The average molecular weight is 634 g/mol. The van der Waals surface area contributed by atoms with Crippen molar-refractivity contribution in [2.24, 2.45) is 5.92 Å². The number of halogens is 3. The molecule has 2 amide bonds. The van der Waals surface area contributed by atoms with Crippen LogP contribution in [0.4, 0.5) is 29.3 Å². The van der Waals surface area contributed by atoms with Gasteiger partial charge in [-0.3, -0.25) is 8.97 Å². The molecule has 6 rings (SSSR count). The highest BCUT2D eigenvalue weighted by molar-refractivity contribution is 5.96. The van der Waals surface area contributed by atoms with Crippen molar-refractivity contribution in [1.82, 2.24) is 29.2 Å². The molecule has 2 aromatic carbocycles. The van der Waals surface area contributed by atoms with Crippen LogP contribution >= 0.6 is 0 Å². The smallest absolute Gasteiger partial charge is 0.405 e. The fourth-order valence-corrected chi connectivity index (χ4v) is 6.07. The summed E-state index contributed by atoms with van der Waals surface area (Å²) in [6, 6.07) is 14.2. The summed E-state index contributed by atoms with van der Waals surface area (Å²) in [5, 5.41) is 5.34. The number of aromatic nitrogens is 4. The minimum absolute atomic E-state index is 0.0278. The lowest BCUT2D eigenvalue weighted by Gasteiger charge is -2.18. The number of hydrogen-bond acceptors (Lipinski definition) is 6. The Bertz CT molecular complexity index is 1920. The number of urea groups is 1. The van der Waals surface area contributed by atoms with Crippen LogP contribution in [-0.2, 0) is 11.5 Å². The van der Waals surface area contributed by atoms with Crippen LogP contribution in [0.5, 0.6) is 0 Å². The number of anilines is 2. The van der Waals surface area contributed by atoms with Gasteiger partial charge in [0.15, 0.2) is 18.0 Å². The Morgan fingerprint density at radius 1 is 1.00 bits per heavy atom. The molecule has 240 valence electrons. The van der Waals surface area contributed by atoms with Crippen LogP contribution in [0.15, 0.2) is 67.1 Å². The molecule has 13 heteroatoms. The van der Waals surface area contributed by atoms with Crippen molar-refractivity contribution < 1.29 is 27.5 Å². The summed E-state index contributed by atoms with van der Waals surface area (Å²) >= 11 is 0. The quantitative estimate of drug-likeness (QED) is 0.188.